The molecule has 0 aromatic rings. The Morgan fingerprint density at radius 3 is 1.25 bits per heavy atom. The molecule has 0 radical (unpaired) electrons. The van der Waals surface area contributed by atoms with Gasteiger partial charge in [-0.1, -0.05) is 0 Å². The van der Waals surface area contributed by atoms with Gasteiger partial charge in [0.15, 0.2) is 0 Å². The lowest BCUT2D eigenvalue weighted by Gasteiger charge is -2.14. The Hall–Kier alpha value is -1.01. The van der Waals surface area contributed by atoms with Crippen LogP contribution in [0.15, 0.2) is 0 Å². The molecular formula is C12H15O3P. The van der Waals surface area contributed by atoms with Gasteiger partial charge in [0.1, 0.15) is 0 Å². The zero-order valence-electron chi connectivity index (χ0n) is 9.15. The van der Waals surface area contributed by atoms with E-state index in [0.29, 0.717) is 39.1 Å². The van der Waals surface area contributed by atoms with Gasteiger partial charge in [-0.3, -0.25) is 0 Å². The Balaban J connectivity index is 3.73. The minimum atomic E-state index is -1.38. The summed E-state index contributed by atoms with van der Waals surface area (Å²) in [6.45, 7) is 1.23. The van der Waals surface area contributed by atoms with E-state index in [1.807, 2.05) is 0 Å². The van der Waals surface area contributed by atoms with Crippen molar-refractivity contribution in [1.82, 2.24) is 0 Å². The van der Waals surface area contributed by atoms with Crippen molar-refractivity contribution in [2.24, 2.45) is 0 Å². The lowest BCUT2D eigenvalue weighted by Crippen LogP contribution is -1.99. The highest BCUT2D eigenvalue weighted by Gasteiger charge is 2.11. The first-order chi connectivity index (χ1) is 7.85. The number of hydrogen-bond acceptors (Lipinski definition) is 3. The maximum Gasteiger partial charge on any atom is 0.332 e. The minimum absolute atomic E-state index is 0.411. The van der Waals surface area contributed by atoms with Gasteiger partial charge in [0, 0.05) is 19.3 Å². The Kier molecular flexibility index (Phi) is 11.3. The van der Waals surface area contributed by atoms with Crippen LogP contribution in [0.4, 0.5) is 0 Å². The third-order valence-electron chi connectivity index (χ3n) is 1.33. The largest absolute Gasteiger partial charge is 0.332 e. The van der Waals surface area contributed by atoms with Gasteiger partial charge in [-0.2, -0.15) is 0 Å². The van der Waals surface area contributed by atoms with Crippen LogP contribution < -0.4 is 0 Å². The zero-order valence-corrected chi connectivity index (χ0v) is 10.0. The molecule has 16 heavy (non-hydrogen) atoms. The molecule has 0 heterocycles. The van der Waals surface area contributed by atoms with E-state index >= 15 is 0 Å². The van der Waals surface area contributed by atoms with Gasteiger partial charge in [0.25, 0.3) is 0 Å². The molecule has 0 aromatic heterocycles. The maximum absolute atomic E-state index is 5.32. The van der Waals surface area contributed by atoms with E-state index in [-0.39, 0.29) is 0 Å². The van der Waals surface area contributed by atoms with E-state index in [2.05, 4.69) is 17.8 Å². The monoisotopic (exact) mass is 238 g/mol. The van der Waals surface area contributed by atoms with Crippen molar-refractivity contribution in [3.63, 3.8) is 0 Å². The van der Waals surface area contributed by atoms with E-state index in [0.717, 1.165) is 0 Å². The Morgan fingerprint density at radius 2 is 1.00 bits per heavy atom. The lowest BCUT2D eigenvalue weighted by molar-refractivity contribution is 0.167. The van der Waals surface area contributed by atoms with E-state index in [1.165, 1.54) is 0 Å². The molecule has 0 atom stereocenters. The van der Waals surface area contributed by atoms with E-state index in [4.69, 9.17) is 32.8 Å². The molecule has 3 nitrogen and oxygen atoms in total. The second kappa shape index (κ2) is 12.1. The van der Waals surface area contributed by atoms with Gasteiger partial charge in [0.2, 0.25) is 0 Å². The van der Waals surface area contributed by atoms with E-state index in [1.54, 1.807) is 0 Å². The molecular weight excluding hydrogens is 223 g/mol. The molecule has 86 valence electrons. The van der Waals surface area contributed by atoms with E-state index < -0.39 is 8.60 Å². The van der Waals surface area contributed by atoms with Gasteiger partial charge in [0.05, 0.1) is 19.8 Å². The first-order valence-corrected chi connectivity index (χ1v) is 5.94. The van der Waals surface area contributed by atoms with Crippen LogP contribution in [0.1, 0.15) is 19.3 Å². The van der Waals surface area contributed by atoms with Crippen LogP contribution in [0, 0.1) is 37.0 Å². The summed E-state index contributed by atoms with van der Waals surface area (Å²) in [5, 5.41) is 0. The van der Waals surface area contributed by atoms with Crippen molar-refractivity contribution in [3.05, 3.63) is 0 Å². The van der Waals surface area contributed by atoms with Crippen molar-refractivity contribution < 1.29 is 13.6 Å². The van der Waals surface area contributed by atoms with Crippen LogP contribution in [-0.4, -0.2) is 19.8 Å². The predicted octanol–water partition coefficient (Wildman–Crippen LogP) is 2.33. The molecule has 0 saturated carbocycles. The molecule has 0 unspecified atom stereocenters. The average molecular weight is 238 g/mol. The fraction of sp³-hybridized carbons (Fsp3) is 0.500. The average Bonchev–Trinajstić information content (AvgIpc) is 2.29. The molecule has 0 saturated heterocycles. The predicted molar refractivity (Wildman–Crippen MR) is 65.1 cm³/mol. The highest BCUT2D eigenvalue weighted by molar-refractivity contribution is 7.41. The number of rotatable bonds is 9. The molecule has 0 spiro atoms. The smallest absolute Gasteiger partial charge is 0.311 e. The topological polar surface area (TPSA) is 27.7 Å². The summed E-state index contributed by atoms with van der Waals surface area (Å²) in [5.74, 6) is 7.40. The van der Waals surface area contributed by atoms with Crippen molar-refractivity contribution in [2.75, 3.05) is 19.8 Å². The standard InChI is InChI=1S/C12H15O3P/c1-4-7-10-13-16(14-11-8-5-2)15-12-9-6-3/h1-3H,7-12H2. The van der Waals surface area contributed by atoms with Gasteiger partial charge in [-0.25, -0.2) is 0 Å². The summed E-state index contributed by atoms with van der Waals surface area (Å²) >= 11 is 0. The molecule has 0 aliphatic carbocycles. The summed E-state index contributed by atoms with van der Waals surface area (Å²) < 4.78 is 15.9. The van der Waals surface area contributed by atoms with Crippen LogP contribution in [0.25, 0.3) is 0 Å². The second-order valence-corrected chi connectivity index (χ2v) is 3.81. The lowest BCUT2D eigenvalue weighted by atomic mass is 10.5. The summed E-state index contributed by atoms with van der Waals surface area (Å²) in [5.41, 5.74) is 0. The third-order valence-corrected chi connectivity index (χ3v) is 2.51. The summed E-state index contributed by atoms with van der Waals surface area (Å²) in [7, 11) is -1.38. The van der Waals surface area contributed by atoms with Crippen LogP contribution >= 0.6 is 8.60 Å². The Bertz CT molecular complexity index is 235. The van der Waals surface area contributed by atoms with Crippen LogP contribution in [0.3, 0.4) is 0 Å². The molecule has 0 N–H and O–H groups in total. The van der Waals surface area contributed by atoms with Crippen LogP contribution in [0.5, 0.6) is 0 Å². The van der Waals surface area contributed by atoms with Gasteiger partial charge < -0.3 is 13.6 Å². The van der Waals surface area contributed by atoms with Crippen molar-refractivity contribution in [1.29, 1.82) is 0 Å². The molecule has 0 rings (SSSR count). The molecule has 0 fully saturated rings. The summed E-state index contributed by atoms with van der Waals surface area (Å²) in [4.78, 5) is 0. The molecule has 4 heteroatoms. The van der Waals surface area contributed by atoms with Gasteiger partial charge >= 0.3 is 8.60 Å². The van der Waals surface area contributed by atoms with Gasteiger partial charge in [-0.05, 0) is 0 Å². The highest BCUT2D eigenvalue weighted by atomic mass is 31.2. The first kappa shape index (κ1) is 15.0. The number of hydrogen-bond donors (Lipinski definition) is 0. The highest BCUT2D eigenvalue weighted by Crippen LogP contribution is 2.39. The normalized spacial score (nSPS) is 9.38. The van der Waals surface area contributed by atoms with Gasteiger partial charge in [-0.15, -0.1) is 37.0 Å². The van der Waals surface area contributed by atoms with Crippen molar-refractivity contribution >= 4 is 8.60 Å². The molecule has 0 aliphatic heterocycles. The first-order valence-electron chi connectivity index (χ1n) is 4.84. The Morgan fingerprint density at radius 1 is 0.688 bits per heavy atom. The molecule has 0 amide bonds. The molecule has 0 aliphatic rings. The van der Waals surface area contributed by atoms with Crippen molar-refractivity contribution in [3.8, 4) is 37.0 Å². The fourth-order valence-electron chi connectivity index (χ4n) is 0.649. The fourth-order valence-corrected chi connectivity index (χ4v) is 1.59. The second-order valence-electron chi connectivity index (χ2n) is 2.59. The third kappa shape index (κ3) is 9.54. The van der Waals surface area contributed by atoms with E-state index in [9.17, 15) is 0 Å². The van der Waals surface area contributed by atoms with Crippen LogP contribution in [0.2, 0.25) is 0 Å². The van der Waals surface area contributed by atoms with Crippen LogP contribution in [-0.2, 0) is 13.6 Å². The SMILES string of the molecule is C#CCCOP(OCCC#C)OCCC#C. The van der Waals surface area contributed by atoms with Crippen molar-refractivity contribution in [2.45, 2.75) is 19.3 Å². The maximum atomic E-state index is 5.32. The molecule has 0 aromatic carbocycles. The quantitative estimate of drug-likeness (QED) is 0.350. The molecule has 0 bridgehead atoms. The summed E-state index contributed by atoms with van der Waals surface area (Å²) in [6, 6.07) is 0. The Labute approximate surface area is 98.9 Å². The zero-order chi connectivity index (χ0) is 12.1. The number of terminal acetylenes is 3. The minimum Gasteiger partial charge on any atom is -0.311 e. The summed E-state index contributed by atoms with van der Waals surface area (Å²) in [6.07, 6.45) is 16.9.